The van der Waals surface area contributed by atoms with E-state index < -0.39 is 0 Å². The summed E-state index contributed by atoms with van der Waals surface area (Å²) in [5.41, 5.74) is 9.97. The van der Waals surface area contributed by atoms with Gasteiger partial charge in [0.05, 0.1) is 17.1 Å². The van der Waals surface area contributed by atoms with Crippen LogP contribution in [0.1, 0.15) is 57.4 Å². The molecule has 0 radical (unpaired) electrons. The molecule has 0 N–H and O–H groups in total. The number of anilines is 3. The topological polar surface area (TPSA) is 29.0 Å². The summed E-state index contributed by atoms with van der Waals surface area (Å²) >= 11 is 0. The molecular formula is C43H37N3. The normalized spacial score (nSPS) is 15.1. The van der Waals surface area contributed by atoms with Crippen LogP contribution >= 0.6 is 0 Å². The van der Waals surface area contributed by atoms with E-state index in [1.807, 2.05) is 0 Å². The van der Waals surface area contributed by atoms with E-state index in [0.717, 1.165) is 34.2 Å². The van der Waals surface area contributed by atoms with Gasteiger partial charge in [0.2, 0.25) is 0 Å². The summed E-state index contributed by atoms with van der Waals surface area (Å²) in [6.45, 7) is 9.32. The number of pyridine rings is 2. The van der Waals surface area contributed by atoms with Gasteiger partial charge in [0.25, 0.3) is 0 Å². The molecular weight excluding hydrogens is 558 g/mol. The number of fused-ring (bicyclic) bond motifs is 6. The highest BCUT2D eigenvalue weighted by Gasteiger charge is 2.46. The van der Waals surface area contributed by atoms with Gasteiger partial charge in [-0.25, -0.2) is 9.97 Å². The van der Waals surface area contributed by atoms with Crippen LogP contribution in [0.3, 0.4) is 0 Å². The fourth-order valence-electron chi connectivity index (χ4n) is 7.63. The molecule has 0 unspecified atom stereocenters. The monoisotopic (exact) mass is 595 g/mol. The second-order valence-electron chi connectivity index (χ2n) is 13.5. The molecule has 2 aliphatic heterocycles. The molecule has 0 spiro atoms. The van der Waals surface area contributed by atoms with Crippen LogP contribution in [0.15, 0.2) is 127 Å². The summed E-state index contributed by atoms with van der Waals surface area (Å²) in [4.78, 5) is 13.3. The van der Waals surface area contributed by atoms with Crippen LogP contribution in [0.4, 0.5) is 17.3 Å². The molecule has 0 atom stereocenters. The van der Waals surface area contributed by atoms with Crippen molar-refractivity contribution in [3.8, 4) is 22.5 Å². The first-order valence-electron chi connectivity index (χ1n) is 15.8. The number of para-hydroxylation sites is 1. The first kappa shape index (κ1) is 28.2. The minimum Gasteiger partial charge on any atom is -0.278 e. The maximum atomic E-state index is 5.49. The van der Waals surface area contributed by atoms with Crippen LogP contribution in [0.25, 0.3) is 44.1 Å². The fourth-order valence-corrected chi connectivity index (χ4v) is 7.63. The number of rotatable bonds is 2. The summed E-state index contributed by atoms with van der Waals surface area (Å²) in [5, 5.41) is 4.90. The molecule has 4 heterocycles. The molecule has 0 bridgehead atoms. The summed E-state index contributed by atoms with van der Waals surface area (Å²) < 4.78 is 0. The number of hydrogen-bond acceptors (Lipinski definition) is 3. The Morgan fingerprint density at radius 2 is 0.870 bits per heavy atom. The predicted octanol–water partition coefficient (Wildman–Crippen LogP) is 11.5. The molecule has 7 aromatic rings. The van der Waals surface area contributed by atoms with E-state index in [0.29, 0.717) is 0 Å². The second kappa shape index (κ2) is 9.86. The Morgan fingerprint density at radius 3 is 1.33 bits per heavy atom. The van der Waals surface area contributed by atoms with Gasteiger partial charge in [-0.1, -0.05) is 138 Å². The lowest BCUT2D eigenvalue weighted by atomic mass is 9.67. The Labute approximate surface area is 271 Å². The Kier molecular flexibility index (Phi) is 6.05. The molecule has 2 aromatic heterocycles. The van der Waals surface area contributed by atoms with E-state index in [1.165, 1.54) is 49.5 Å². The largest absolute Gasteiger partial charge is 0.278 e. The van der Waals surface area contributed by atoms with Gasteiger partial charge in [-0.05, 0) is 56.9 Å². The quantitative estimate of drug-likeness (QED) is 0.199. The lowest BCUT2D eigenvalue weighted by molar-refractivity contribution is 0.591. The van der Waals surface area contributed by atoms with E-state index in [9.17, 15) is 0 Å². The highest BCUT2D eigenvalue weighted by atomic mass is 15.3. The smallest absolute Gasteiger partial charge is 0.143 e. The van der Waals surface area contributed by atoms with Gasteiger partial charge >= 0.3 is 0 Å². The van der Waals surface area contributed by atoms with Gasteiger partial charge in [0, 0.05) is 33.1 Å². The molecule has 0 saturated carbocycles. The third kappa shape index (κ3) is 3.91. The maximum Gasteiger partial charge on any atom is 0.143 e. The number of benzene rings is 5. The van der Waals surface area contributed by atoms with E-state index in [-0.39, 0.29) is 18.3 Å². The van der Waals surface area contributed by atoms with Crippen LogP contribution in [-0.2, 0) is 10.8 Å². The van der Waals surface area contributed by atoms with Gasteiger partial charge in [-0.15, -0.1) is 0 Å². The van der Waals surface area contributed by atoms with Gasteiger partial charge in [-0.3, -0.25) is 4.90 Å². The second-order valence-corrected chi connectivity index (χ2v) is 13.5. The minimum atomic E-state index is -0.227. The zero-order valence-electron chi connectivity index (χ0n) is 26.0. The molecule has 5 aromatic carbocycles. The Morgan fingerprint density at radius 1 is 0.435 bits per heavy atom. The van der Waals surface area contributed by atoms with Crippen LogP contribution in [0.5, 0.6) is 0 Å². The van der Waals surface area contributed by atoms with Crippen LogP contribution in [0.2, 0.25) is 0 Å². The van der Waals surface area contributed by atoms with Crippen molar-refractivity contribution in [2.45, 2.75) is 46.0 Å². The Balaban J connectivity index is 0.00000312. The van der Waals surface area contributed by atoms with E-state index in [2.05, 4.69) is 160 Å². The third-order valence-electron chi connectivity index (χ3n) is 10.2. The maximum absolute atomic E-state index is 5.49. The zero-order valence-corrected chi connectivity index (χ0v) is 26.0. The molecule has 0 amide bonds. The first-order chi connectivity index (χ1) is 21.8. The van der Waals surface area contributed by atoms with Crippen molar-refractivity contribution in [2.75, 3.05) is 4.90 Å². The lowest BCUT2D eigenvalue weighted by Crippen LogP contribution is -2.39. The molecule has 9 rings (SSSR count). The van der Waals surface area contributed by atoms with Crippen molar-refractivity contribution >= 4 is 38.9 Å². The molecule has 0 saturated heterocycles. The average molecular weight is 596 g/mol. The van der Waals surface area contributed by atoms with Gasteiger partial charge in [0.1, 0.15) is 11.6 Å². The zero-order chi connectivity index (χ0) is 30.5. The average Bonchev–Trinajstić information content (AvgIpc) is 3.07. The van der Waals surface area contributed by atoms with Gasteiger partial charge in [-0.2, -0.15) is 0 Å². The lowest BCUT2D eigenvalue weighted by Gasteiger charge is -2.48. The van der Waals surface area contributed by atoms with E-state index in [4.69, 9.17) is 9.97 Å². The molecule has 2 aliphatic rings. The molecule has 3 heteroatoms. The van der Waals surface area contributed by atoms with Crippen molar-refractivity contribution < 1.29 is 0 Å². The van der Waals surface area contributed by atoms with Gasteiger partial charge < -0.3 is 0 Å². The number of nitrogens with zero attached hydrogens (tertiary/aromatic N) is 3. The first-order valence-corrected chi connectivity index (χ1v) is 15.8. The van der Waals surface area contributed by atoms with Crippen molar-refractivity contribution in [2.24, 2.45) is 0 Å². The number of aromatic nitrogens is 2. The molecule has 46 heavy (non-hydrogen) atoms. The minimum absolute atomic E-state index is 0. The highest BCUT2D eigenvalue weighted by molar-refractivity contribution is 5.93. The van der Waals surface area contributed by atoms with Crippen LogP contribution in [0, 0.1) is 0 Å². The summed E-state index contributed by atoms with van der Waals surface area (Å²) in [5.74, 6) is 1.93. The van der Waals surface area contributed by atoms with Crippen molar-refractivity contribution in [1.29, 1.82) is 0 Å². The number of hydrogen-bond donors (Lipinski definition) is 0. The molecule has 3 nitrogen and oxygen atoms in total. The summed E-state index contributed by atoms with van der Waals surface area (Å²) in [6, 6.07) is 46.0. The fraction of sp³-hybridized carbons (Fsp3) is 0.163. The molecule has 224 valence electrons. The molecule has 0 fully saturated rings. The summed E-state index contributed by atoms with van der Waals surface area (Å²) in [7, 11) is 0. The van der Waals surface area contributed by atoms with E-state index >= 15 is 0 Å². The van der Waals surface area contributed by atoms with Crippen molar-refractivity contribution in [3.05, 3.63) is 150 Å². The SMILES string of the molecule is C.CC1(C)c2ccc(-c3ccc4ccccc4c3)nc2N2c3nc(-c4ccc5ccccc5c4)ccc3C(C)(C)c3cccc1c32. The van der Waals surface area contributed by atoms with Gasteiger partial charge in [0.15, 0.2) is 0 Å². The standard InChI is InChI=1S/C42H33N3.CH4/c1-41(2)32-14-9-15-33-38(32)45(39-34(41)20-22-36(43-39)30-18-16-26-10-5-7-12-28(26)24-30)40-35(42(33,3)4)21-23-37(44-40)31-19-17-27-11-6-8-13-29(27)25-31;/h5-25H,1-4H3;1H4. The van der Waals surface area contributed by atoms with Crippen molar-refractivity contribution in [1.82, 2.24) is 9.97 Å². The Hall–Kier alpha value is -5.28. The van der Waals surface area contributed by atoms with Crippen LogP contribution < -0.4 is 4.90 Å². The highest BCUT2D eigenvalue weighted by Crippen LogP contribution is 2.59. The van der Waals surface area contributed by atoms with Crippen LogP contribution in [-0.4, -0.2) is 9.97 Å². The van der Waals surface area contributed by atoms with Crippen molar-refractivity contribution in [3.63, 3.8) is 0 Å². The molecule has 0 aliphatic carbocycles. The Bertz CT molecular complexity index is 2190. The third-order valence-corrected chi connectivity index (χ3v) is 10.2. The predicted molar refractivity (Wildman–Crippen MR) is 194 cm³/mol. The summed E-state index contributed by atoms with van der Waals surface area (Å²) in [6.07, 6.45) is 0. The van der Waals surface area contributed by atoms with E-state index in [1.54, 1.807) is 0 Å².